The summed E-state index contributed by atoms with van der Waals surface area (Å²) < 4.78 is 5.52. The number of benzene rings is 1. The number of rotatable bonds is 3. The number of fused-ring (bicyclic) bond motifs is 1. The molecule has 0 radical (unpaired) electrons. The molecule has 0 aliphatic rings. The van der Waals surface area contributed by atoms with Gasteiger partial charge in [-0.25, -0.2) is 9.78 Å². The van der Waals surface area contributed by atoms with Gasteiger partial charge < -0.3 is 9.72 Å². The fourth-order valence-electron chi connectivity index (χ4n) is 2.16. The predicted molar refractivity (Wildman–Crippen MR) is 81.4 cm³/mol. The molecule has 0 amide bonds. The van der Waals surface area contributed by atoms with Crippen LogP contribution in [0.4, 0.5) is 0 Å². The molecule has 5 heteroatoms. The number of ether oxygens (including phenoxy) is 1. The van der Waals surface area contributed by atoms with Gasteiger partial charge in [-0.3, -0.25) is 0 Å². The maximum atomic E-state index is 12.3. The van der Waals surface area contributed by atoms with Gasteiger partial charge in [-0.05, 0) is 36.8 Å². The van der Waals surface area contributed by atoms with Crippen molar-refractivity contribution in [1.29, 1.82) is 0 Å². The zero-order valence-corrected chi connectivity index (χ0v) is 12.1. The Labute approximate surface area is 126 Å². The number of pyridine rings is 1. The zero-order valence-electron chi connectivity index (χ0n) is 11.3. The Kier molecular flexibility index (Phi) is 3.62. The number of carbonyl (C=O) groups is 1. The Morgan fingerprint density at radius 1 is 1.24 bits per heavy atom. The van der Waals surface area contributed by atoms with Gasteiger partial charge in [-0.2, -0.15) is 0 Å². The van der Waals surface area contributed by atoms with Crippen molar-refractivity contribution in [3.8, 4) is 0 Å². The quantitative estimate of drug-likeness (QED) is 0.740. The number of halogens is 1. The van der Waals surface area contributed by atoms with Crippen LogP contribution in [0.2, 0.25) is 5.02 Å². The number of aromatic amines is 1. The van der Waals surface area contributed by atoms with E-state index < -0.39 is 0 Å². The molecular formula is C16H13ClN2O2. The molecule has 0 aliphatic heterocycles. The lowest BCUT2D eigenvalue weighted by molar-refractivity contribution is 0.0340. The van der Waals surface area contributed by atoms with Crippen LogP contribution in [0.15, 0.2) is 48.8 Å². The minimum absolute atomic E-state index is 0.350. The van der Waals surface area contributed by atoms with E-state index in [-0.39, 0.29) is 12.1 Å². The van der Waals surface area contributed by atoms with Crippen LogP contribution < -0.4 is 0 Å². The number of nitrogens with one attached hydrogen (secondary N) is 1. The van der Waals surface area contributed by atoms with Crippen molar-refractivity contribution in [3.05, 3.63) is 64.9 Å². The molecule has 1 aromatic carbocycles. The first-order valence-corrected chi connectivity index (χ1v) is 6.91. The highest BCUT2D eigenvalue weighted by Gasteiger charge is 2.16. The summed E-state index contributed by atoms with van der Waals surface area (Å²) in [5.41, 5.74) is 2.07. The Hall–Kier alpha value is -2.33. The van der Waals surface area contributed by atoms with E-state index in [0.29, 0.717) is 16.2 Å². The standard InChI is InChI=1S/C16H13ClN2O2/c1-10(11-2-4-12(17)5-3-11)21-16(20)14-7-9-19-15-13(14)6-8-18-15/h2-10H,1H3,(H,18,19)/t10-/m0/s1. The van der Waals surface area contributed by atoms with E-state index in [0.717, 1.165) is 10.9 Å². The van der Waals surface area contributed by atoms with Crippen LogP contribution in [0.5, 0.6) is 0 Å². The summed E-state index contributed by atoms with van der Waals surface area (Å²) in [6.07, 6.45) is 2.98. The van der Waals surface area contributed by atoms with E-state index in [1.165, 1.54) is 0 Å². The molecule has 0 bridgehead atoms. The van der Waals surface area contributed by atoms with Gasteiger partial charge in [-0.15, -0.1) is 0 Å². The number of hydrogen-bond acceptors (Lipinski definition) is 3. The summed E-state index contributed by atoms with van der Waals surface area (Å²) in [5.74, 6) is -0.371. The van der Waals surface area contributed by atoms with E-state index in [2.05, 4.69) is 9.97 Å². The lowest BCUT2D eigenvalue weighted by Gasteiger charge is -2.14. The van der Waals surface area contributed by atoms with E-state index in [1.807, 2.05) is 25.1 Å². The highest BCUT2D eigenvalue weighted by atomic mass is 35.5. The van der Waals surface area contributed by atoms with Crippen molar-refractivity contribution in [1.82, 2.24) is 9.97 Å². The minimum atomic E-state index is -0.371. The Morgan fingerprint density at radius 2 is 2.00 bits per heavy atom. The topological polar surface area (TPSA) is 55.0 Å². The lowest BCUT2D eigenvalue weighted by Crippen LogP contribution is -2.09. The summed E-state index contributed by atoms with van der Waals surface area (Å²) in [4.78, 5) is 19.4. The molecule has 3 rings (SSSR count). The third kappa shape index (κ3) is 2.76. The average molecular weight is 301 g/mol. The molecule has 0 spiro atoms. The summed E-state index contributed by atoms with van der Waals surface area (Å²) in [6.45, 7) is 1.83. The van der Waals surface area contributed by atoms with Crippen LogP contribution in [0.25, 0.3) is 11.0 Å². The van der Waals surface area contributed by atoms with Crippen molar-refractivity contribution in [2.24, 2.45) is 0 Å². The lowest BCUT2D eigenvalue weighted by atomic mass is 10.1. The molecule has 0 unspecified atom stereocenters. The first-order valence-electron chi connectivity index (χ1n) is 6.53. The normalized spacial score (nSPS) is 12.3. The van der Waals surface area contributed by atoms with E-state index in [4.69, 9.17) is 16.3 Å². The second-order valence-corrected chi connectivity index (χ2v) is 5.13. The number of nitrogens with zero attached hydrogens (tertiary/aromatic N) is 1. The third-order valence-electron chi connectivity index (χ3n) is 3.30. The Balaban J connectivity index is 1.83. The fraction of sp³-hybridized carbons (Fsp3) is 0.125. The number of esters is 1. The molecule has 3 aromatic rings. The zero-order chi connectivity index (χ0) is 14.8. The van der Waals surface area contributed by atoms with Crippen LogP contribution in [0.1, 0.15) is 28.9 Å². The van der Waals surface area contributed by atoms with Crippen molar-refractivity contribution >= 4 is 28.6 Å². The smallest absolute Gasteiger partial charge is 0.339 e. The SMILES string of the molecule is C[C@H](OC(=O)c1ccnc2[nH]ccc12)c1ccc(Cl)cc1. The van der Waals surface area contributed by atoms with Gasteiger partial charge in [0.1, 0.15) is 11.8 Å². The molecule has 106 valence electrons. The summed E-state index contributed by atoms with van der Waals surface area (Å²) in [6, 6.07) is 10.7. The predicted octanol–water partition coefficient (Wildman–Crippen LogP) is 4.13. The number of hydrogen-bond donors (Lipinski definition) is 1. The largest absolute Gasteiger partial charge is 0.454 e. The van der Waals surface area contributed by atoms with Crippen molar-refractivity contribution in [2.75, 3.05) is 0 Å². The van der Waals surface area contributed by atoms with E-state index in [9.17, 15) is 4.79 Å². The Morgan fingerprint density at radius 3 is 2.76 bits per heavy atom. The number of H-pyrrole nitrogens is 1. The van der Waals surface area contributed by atoms with Gasteiger partial charge in [0.25, 0.3) is 0 Å². The van der Waals surface area contributed by atoms with Crippen LogP contribution in [0, 0.1) is 0 Å². The number of carbonyl (C=O) groups excluding carboxylic acids is 1. The second-order valence-electron chi connectivity index (χ2n) is 4.70. The van der Waals surface area contributed by atoms with Gasteiger partial charge in [0, 0.05) is 22.8 Å². The molecule has 4 nitrogen and oxygen atoms in total. The summed E-state index contributed by atoms with van der Waals surface area (Å²) in [7, 11) is 0. The van der Waals surface area contributed by atoms with Crippen molar-refractivity contribution < 1.29 is 9.53 Å². The van der Waals surface area contributed by atoms with Crippen LogP contribution in [0.3, 0.4) is 0 Å². The van der Waals surface area contributed by atoms with Gasteiger partial charge in [0.05, 0.1) is 5.56 Å². The van der Waals surface area contributed by atoms with Gasteiger partial charge >= 0.3 is 5.97 Å². The van der Waals surface area contributed by atoms with Gasteiger partial charge in [-0.1, -0.05) is 23.7 Å². The van der Waals surface area contributed by atoms with Crippen molar-refractivity contribution in [2.45, 2.75) is 13.0 Å². The molecule has 0 aliphatic carbocycles. The molecule has 0 saturated carbocycles. The van der Waals surface area contributed by atoms with Gasteiger partial charge in [0.15, 0.2) is 0 Å². The maximum absolute atomic E-state index is 12.3. The first kappa shape index (κ1) is 13.6. The molecule has 0 saturated heterocycles. The summed E-state index contributed by atoms with van der Waals surface area (Å²) in [5, 5.41) is 1.41. The molecule has 0 fully saturated rings. The highest BCUT2D eigenvalue weighted by Crippen LogP contribution is 2.23. The second kappa shape index (κ2) is 5.58. The monoisotopic (exact) mass is 300 g/mol. The minimum Gasteiger partial charge on any atom is -0.454 e. The van der Waals surface area contributed by atoms with Crippen LogP contribution in [-0.2, 0) is 4.74 Å². The van der Waals surface area contributed by atoms with Crippen LogP contribution >= 0.6 is 11.6 Å². The van der Waals surface area contributed by atoms with Gasteiger partial charge in [0.2, 0.25) is 0 Å². The molecule has 21 heavy (non-hydrogen) atoms. The maximum Gasteiger partial charge on any atom is 0.339 e. The third-order valence-corrected chi connectivity index (χ3v) is 3.56. The Bertz CT molecular complexity index is 780. The molecular weight excluding hydrogens is 288 g/mol. The van der Waals surface area contributed by atoms with Crippen molar-refractivity contribution in [3.63, 3.8) is 0 Å². The van der Waals surface area contributed by atoms with Crippen LogP contribution in [-0.4, -0.2) is 15.9 Å². The summed E-state index contributed by atoms with van der Waals surface area (Å²) >= 11 is 5.85. The highest BCUT2D eigenvalue weighted by molar-refractivity contribution is 6.30. The van der Waals surface area contributed by atoms with E-state index >= 15 is 0 Å². The molecule has 2 aromatic heterocycles. The van der Waals surface area contributed by atoms with E-state index in [1.54, 1.807) is 30.6 Å². The fourth-order valence-corrected chi connectivity index (χ4v) is 2.29. The average Bonchev–Trinajstić information content (AvgIpc) is 2.96. The number of aromatic nitrogens is 2. The molecule has 1 N–H and O–H groups in total. The molecule has 2 heterocycles. The molecule has 1 atom stereocenters. The first-order chi connectivity index (χ1) is 10.1.